The Balaban J connectivity index is 3.70. The summed E-state index contributed by atoms with van der Waals surface area (Å²) in [6.07, 6.45) is 0.625. The van der Waals surface area contributed by atoms with E-state index in [2.05, 4.69) is 0 Å². The Labute approximate surface area is 66.6 Å². The summed E-state index contributed by atoms with van der Waals surface area (Å²) in [5, 5.41) is 18.7. The minimum absolute atomic E-state index is 0. The van der Waals surface area contributed by atoms with Gasteiger partial charge in [-0.15, -0.1) is 0 Å². The summed E-state index contributed by atoms with van der Waals surface area (Å²) in [6, 6.07) is 0. The minimum atomic E-state index is -1.05. The molecule has 0 saturated heterocycles. The highest BCUT2D eigenvalue weighted by Gasteiger charge is 2.13. The zero-order chi connectivity index (χ0) is 8.91. The van der Waals surface area contributed by atoms with Crippen LogP contribution in [0.1, 0.15) is 6.42 Å². The first kappa shape index (κ1) is 10.4. The molecule has 0 fully saturated rings. The Morgan fingerprint density at radius 2 is 2.09 bits per heavy atom. The van der Waals surface area contributed by atoms with Gasteiger partial charge >= 0.3 is 0 Å². The Bertz CT molecular complexity index is 134. The third-order valence-electron chi connectivity index (χ3n) is 1.48. The van der Waals surface area contributed by atoms with E-state index in [1.807, 2.05) is 0 Å². The molecule has 4 heteroatoms. The van der Waals surface area contributed by atoms with E-state index in [0.717, 1.165) is 0 Å². The summed E-state index contributed by atoms with van der Waals surface area (Å²) < 4.78 is 0.364. The number of aliphatic carboxylic acids is 1. The van der Waals surface area contributed by atoms with E-state index < -0.39 is 5.97 Å². The lowest BCUT2D eigenvalue weighted by molar-refractivity contribution is -0.885. The lowest BCUT2D eigenvalue weighted by atomic mass is 10.3. The first-order valence-electron chi connectivity index (χ1n) is 3.60. The Morgan fingerprint density at radius 1 is 1.55 bits per heavy atom. The molecule has 66 valence electrons. The summed E-state index contributed by atoms with van der Waals surface area (Å²) >= 11 is 0. The van der Waals surface area contributed by atoms with E-state index in [0.29, 0.717) is 17.4 Å². The van der Waals surface area contributed by atoms with Crippen LogP contribution in [0, 0.1) is 0 Å². The van der Waals surface area contributed by atoms with Gasteiger partial charge in [0.25, 0.3) is 0 Å². The van der Waals surface area contributed by atoms with Crippen molar-refractivity contribution in [2.45, 2.75) is 6.42 Å². The average molecular weight is 161 g/mol. The van der Waals surface area contributed by atoms with E-state index in [9.17, 15) is 9.90 Å². The number of carbonyl (C=O) groups is 1. The van der Waals surface area contributed by atoms with Gasteiger partial charge in [0, 0.05) is 13.0 Å². The van der Waals surface area contributed by atoms with Crippen molar-refractivity contribution in [1.29, 1.82) is 0 Å². The molecule has 0 aromatic rings. The fourth-order valence-corrected chi connectivity index (χ4v) is 0.927. The van der Waals surface area contributed by atoms with E-state index in [4.69, 9.17) is 5.11 Å². The Hall–Kier alpha value is -0.610. The van der Waals surface area contributed by atoms with Crippen LogP contribution in [-0.2, 0) is 4.79 Å². The van der Waals surface area contributed by atoms with Gasteiger partial charge in [0.05, 0.1) is 26.6 Å². The van der Waals surface area contributed by atoms with Gasteiger partial charge in [0.2, 0.25) is 0 Å². The summed E-state index contributed by atoms with van der Waals surface area (Å²) in [5.74, 6) is -1.05. The molecule has 1 N–H and O–H groups in total. The van der Waals surface area contributed by atoms with Gasteiger partial charge in [-0.25, -0.2) is 0 Å². The molecule has 0 bridgehead atoms. The molecule has 0 heterocycles. The van der Waals surface area contributed by atoms with E-state index >= 15 is 0 Å². The molecule has 0 unspecified atom stereocenters. The normalized spacial score (nSPS) is 11.5. The van der Waals surface area contributed by atoms with Gasteiger partial charge in [0.1, 0.15) is 6.54 Å². The molecule has 0 aliphatic carbocycles. The summed E-state index contributed by atoms with van der Waals surface area (Å²) in [4.78, 5) is 10.2. The molecular weight excluding hydrogens is 146 g/mol. The number of likely N-dealkylation sites (N-methyl/N-ethyl adjacent to an activating group) is 1. The fourth-order valence-electron chi connectivity index (χ4n) is 0.927. The van der Waals surface area contributed by atoms with Crippen LogP contribution in [0.5, 0.6) is 0 Å². The zero-order valence-corrected chi connectivity index (χ0v) is 7.04. The molecule has 0 amide bonds. The Morgan fingerprint density at radius 3 is 2.45 bits per heavy atom. The largest absolute Gasteiger partial charge is 0.544 e. The van der Waals surface area contributed by atoms with E-state index in [1.165, 1.54) is 0 Å². The van der Waals surface area contributed by atoms with Crippen LogP contribution in [-0.4, -0.2) is 49.4 Å². The van der Waals surface area contributed by atoms with Gasteiger partial charge in [-0.1, -0.05) is 0 Å². The SMILES string of the molecule is C[N+](C)(CCCO)CC(=O)[O-]. The second-order valence-electron chi connectivity index (χ2n) is 3.27. The molecular formula is C7H15NO3. The van der Waals surface area contributed by atoms with Crippen LogP contribution in [0.2, 0.25) is 0 Å². The molecule has 0 aliphatic heterocycles. The van der Waals surface area contributed by atoms with Crippen molar-refractivity contribution in [2.75, 3.05) is 33.8 Å². The molecule has 0 saturated carbocycles. The molecule has 4 nitrogen and oxygen atoms in total. The number of aliphatic hydroxyl groups is 1. The lowest BCUT2D eigenvalue weighted by Crippen LogP contribution is -2.48. The predicted molar refractivity (Wildman–Crippen MR) is 38.6 cm³/mol. The van der Waals surface area contributed by atoms with Crippen molar-refractivity contribution < 1.29 is 19.5 Å². The first-order valence-corrected chi connectivity index (χ1v) is 3.60. The highest BCUT2D eigenvalue weighted by molar-refractivity contribution is 5.65. The van der Waals surface area contributed by atoms with Gasteiger partial charge in [0.15, 0.2) is 0 Å². The third-order valence-corrected chi connectivity index (χ3v) is 1.48. The maximum Gasteiger partial charge on any atom is 0.119 e. The summed E-state index contributed by atoms with van der Waals surface area (Å²) in [5.41, 5.74) is 0. The quantitative estimate of drug-likeness (QED) is 0.484. The maximum absolute atomic E-state index is 10.2. The monoisotopic (exact) mass is 161 g/mol. The molecule has 0 radical (unpaired) electrons. The standard InChI is InChI=1S/C7H15NO3/c1-8(2,4-3-5-9)6-7(10)11/h9H,3-6H2,1-2H3. The minimum Gasteiger partial charge on any atom is -0.544 e. The second-order valence-corrected chi connectivity index (χ2v) is 3.27. The van der Waals surface area contributed by atoms with Gasteiger partial charge < -0.3 is 19.5 Å². The number of hydrogen-bond donors (Lipinski definition) is 1. The predicted octanol–water partition coefficient (Wildman–Crippen LogP) is -1.80. The molecule has 0 rings (SSSR count). The molecule has 0 aromatic carbocycles. The first-order chi connectivity index (χ1) is 4.98. The highest BCUT2D eigenvalue weighted by Crippen LogP contribution is 1.96. The van der Waals surface area contributed by atoms with Crippen LogP contribution < -0.4 is 5.11 Å². The topological polar surface area (TPSA) is 60.4 Å². The fraction of sp³-hybridized carbons (Fsp3) is 0.857. The van der Waals surface area contributed by atoms with Crippen LogP contribution in [0.4, 0.5) is 0 Å². The van der Waals surface area contributed by atoms with Crippen LogP contribution >= 0.6 is 0 Å². The number of hydrogen-bond acceptors (Lipinski definition) is 3. The number of carbonyl (C=O) groups excluding carboxylic acids is 1. The number of carboxylic acids is 1. The van der Waals surface area contributed by atoms with Crippen molar-refractivity contribution in [3.05, 3.63) is 0 Å². The molecule has 0 aliphatic rings. The van der Waals surface area contributed by atoms with E-state index in [-0.39, 0.29) is 13.2 Å². The Kier molecular flexibility index (Phi) is 4.07. The number of nitrogens with zero attached hydrogens (tertiary/aromatic N) is 1. The second kappa shape index (κ2) is 4.31. The highest BCUT2D eigenvalue weighted by atomic mass is 16.4. The van der Waals surface area contributed by atoms with Crippen LogP contribution in [0.3, 0.4) is 0 Å². The van der Waals surface area contributed by atoms with Crippen molar-refractivity contribution in [3.63, 3.8) is 0 Å². The lowest BCUT2D eigenvalue weighted by Gasteiger charge is -2.29. The van der Waals surface area contributed by atoms with Crippen molar-refractivity contribution >= 4 is 5.97 Å². The van der Waals surface area contributed by atoms with Crippen molar-refractivity contribution in [2.24, 2.45) is 0 Å². The van der Waals surface area contributed by atoms with Gasteiger partial charge in [-0.05, 0) is 0 Å². The third kappa shape index (κ3) is 5.82. The van der Waals surface area contributed by atoms with E-state index in [1.54, 1.807) is 14.1 Å². The smallest absolute Gasteiger partial charge is 0.119 e. The van der Waals surface area contributed by atoms with Crippen molar-refractivity contribution in [3.8, 4) is 0 Å². The zero-order valence-electron chi connectivity index (χ0n) is 7.04. The molecule has 11 heavy (non-hydrogen) atoms. The molecule has 0 aromatic heterocycles. The molecule has 0 atom stereocenters. The molecule has 0 spiro atoms. The van der Waals surface area contributed by atoms with Gasteiger partial charge in [-0.3, -0.25) is 0 Å². The number of rotatable bonds is 5. The van der Waals surface area contributed by atoms with Crippen LogP contribution in [0.15, 0.2) is 0 Å². The summed E-state index contributed by atoms with van der Waals surface area (Å²) in [6.45, 7) is 0.763. The summed E-state index contributed by atoms with van der Waals surface area (Å²) in [7, 11) is 3.59. The number of quaternary nitrogens is 1. The van der Waals surface area contributed by atoms with Crippen LogP contribution in [0.25, 0.3) is 0 Å². The maximum atomic E-state index is 10.2. The van der Waals surface area contributed by atoms with Gasteiger partial charge in [-0.2, -0.15) is 0 Å². The number of carboxylic acid groups (broad SMARTS) is 1. The number of aliphatic hydroxyl groups excluding tert-OH is 1. The average Bonchev–Trinajstić information content (AvgIpc) is 1.81. The van der Waals surface area contributed by atoms with Crippen molar-refractivity contribution in [1.82, 2.24) is 0 Å².